The molecule has 0 radical (unpaired) electrons. The van der Waals surface area contributed by atoms with Crippen LogP contribution in [0.5, 0.6) is 0 Å². The molecule has 0 amide bonds. The molecule has 0 bridgehead atoms. The fourth-order valence-corrected chi connectivity index (χ4v) is 1.17. The van der Waals surface area contributed by atoms with Gasteiger partial charge in [0.15, 0.2) is 0 Å². The molecule has 1 fully saturated rings. The molecule has 0 spiro atoms. The number of nitrogens with zero attached hydrogens (tertiary/aromatic N) is 4. The van der Waals surface area contributed by atoms with Crippen LogP contribution in [0.25, 0.3) is 0 Å². The van der Waals surface area contributed by atoms with Crippen molar-refractivity contribution in [2.24, 2.45) is 5.29 Å². The molecule has 0 aromatic rings. The summed E-state index contributed by atoms with van der Waals surface area (Å²) in [6.07, 6.45) is 0. The normalized spacial score (nSPS) is 20.8. The Labute approximate surface area is 71.5 Å². The fraction of sp³-hybridized carbons (Fsp3) is 1.00. The van der Waals surface area contributed by atoms with Crippen LogP contribution in [0.4, 0.5) is 0 Å². The Morgan fingerprint density at radius 1 is 1.33 bits per heavy atom. The Bertz CT molecular complexity index is 146. The third kappa shape index (κ3) is 2.13. The van der Waals surface area contributed by atoms with Gasteiger partial charge in [0.1, 0.15) is 0 Å². The highest BCUT2D eigenvalue weighted by molar-refractivity contribution is 4.64. The van der Waals surface area contributed by atoms with Gasteiger partial charge in [-0.25, -0.2) is 4.84 Å². The Balaban J connectivity index is 2.37. The molecule has 0 unspecified atom stereocenters. The zero-order valence-corrected chi connectivity index (χ0v) is 7.43. The smallest absolute Gasteiger partial charge is 0.0964 e. The molecule has 1 aliphatic heterocycles. The zero-order chi connectivity index (χ0) is 8.97. The van der Waals surface area contributed by atoms with E-state index < -0.39 is 0 Å². The molecule has 1 aliphatic rings. The van der Waals surface area contributed by atoms with Crippen molar-refractivity contribution in [1.82, 2.24) is 15.2 Å². The van der Waals surface area contributed by atoms with Gasteiger partial charge in [-0.2, -0.15) is 5.01 Å². The molecule has 1 saturated heterocycles. The maximum absolute atomic E-state index is 10.2. The number of hydrazine groups is 1. The molecule has 0 N–H and O–H groups in total. The van der Waals surface area contributed by atoms with E-state index in [-0.39, 0.29) is 0 Å². The molecule has 0 saturated carbocycles. The lowest BCUT2D eigenvalue weighted by molar-refractivity contribution is -0.276. The van der Waals surface area contributed by atoms with Crippen molar-refractivity contribution >= 4 is 0 Å². The van der Waals surface area contributed by atoms with E-state index in [1.807, 2.05) is 7.05 Å². The van der Waals surface area contributed by atoms with E-state index in [9.17, 15) is 4.91 Å². The summed E-state index contributed by atoms with van der Waals surface area (Å²) in [5.74, 6) is 0. The molecule has 0 atom stereocenters. The molecule has 0 aromatic carbocycles. The molecule has 0 aromatic heterocycles. The predicted molar refractivity (Wildman–Crippen MR) is 43.7 cm³/mol. The molecule has 6 heteroatoms. The molecule has 1 heterocycles. The minimum Gasteiger partial charge on any atom is -0.304 e. The standard InChI is InChI=1S/C6H14N4O2/c1-8-3-5-9(6-4-8)10(7-11)12-2/h3-6H2,1-2H3. The van der Waals surface area contributed by atoms with Crippen LogP contribution < -0.4 is 0 Å². The molecule has 6 nitrogen and oxygen atoms in total. The van der Waals surface area contributed by atoms with E-state index in [1.165, 1.54) is 7.11 Å². The number of hydrogen-bond donors (Lipinski definition) is 0. The zero-order valence-electron chi connectivity index (χ0n) is 7.43. The maximum Gasteiger partial charge on any atom is 0.0964 e. The first kappa shape index (κ1) is 9.37. The van der Waals surface area contributed by atoms with Crippen LogP contribution in [0.1, 0.15) is 0 Å². The Hall–Kier alpha value is -0.720. The predicted octanol–water partition coefficient (Wildman–Crippen LogP) is -0.306. The summed E-state index contributed by atoms with van der Waals surface area (Å²) in [7, 11) is 3.47. The van der Waals surface area contributed by atoms with Crippen LogP contribution >= 0.6 is 0 Å². The minimum absolute atomic E-state index is 0.774. The second-order valence-corrected chi connectivity index (χ2v) is 2.77. The molecule has 1 rings (SSSR count). The lowest BCUT2D eigenvalue weighted by Gasteiger charge is -2.34. The van der Waals surface area contributed by atoms with Gasteiger partial charge in [0.25, 0.3) is 0 Å². The number of nitroso groups, excluding NO2 is 1. The highest BCUT2D eigenvalue weighted by Crippen LogP contribution is 2.03. The first-order chi connectivity index (χ1) is 5.77. The van der Waals surface area contributed by atoms with E-state index in [0.717, 1.165) is 31.5 Å². The van der Waals surface area contributed by atoms with Crippen LogP contribution in [0.15, 0.2) is 5.29 Å². The first-order valence-electron chi connectivity index (χ1n) is 3.89. The average Bonchev–Trinajstić information content (AvgIpc) is 2.10. The van der Waals surface area contributed by atoms with Crippen LogP contribution in [0.3, 0.4) is 0 Å². The molecule has 0 aliphatic carbocycles. The van der Waals surface area contributed by atoms with Crippen LogP contribution in [-0.4, -0.2) is 55.5 Å². The SMILES string of the molecule is CON(N=O)N1CCN(C)CC1. The van der Waals surface area contributed by atoms with Gasteiger partial charge in [0, 0.05) is 26.2 Å². The summed E-state index contributed by atoms with van der Waals surface area (Å²) < 4.78 is 0. The highest BCUT2D eigenvalue weighted by Gasteiger charge is 2.19. The minimum atomic E-state index is 0.774. The Morgan fingerprint density at radius 2 is 1.92 bits per heavy atom. The van der Waals surface area contributed by atoms with Crippen LogP contribution in [-0.2, 0) is 4.84 Å². The van der Waals surface area contributed by atoms with Crippen molar-refractivity contribution in [1.29, 1.82) is 0 Å². The fourth-order valence-electron chi connectivity index (χ4n) is 1.17. The lowest BCUT2D eigenvalue weighted by atomic mass is 10.4. The third-order valence-corrected chi connectivity index (χ3v) is 1.95. The number of piperazine rings is 1. The molecule has 12 heavy (non-hydrogen) atoms. The van der Waals surface area contributed by atoms with Crippen LogP contribution in [0.2, 0.25) is 0 Å². The Morgan fingerprint density at radius 3 is 2.33 bits per heavy atom. The van der Waals surface area contributed by atoms with Gasteiger partial charge in [-0.15, -0.1) is 4.91 Å². The van der Waals surface area contributed by atoms with E-state index in [0.29, 0.717) is 0 Å². The maximum atomic E-state index is 10.2. The summed E-state index contributed by atoms with van der Waals surface area (Å²) in [4.78, 5) is 17.1. The average molecular weight is 174 g/mol. The monoisotopic (exact) mass is 174 g/mol. The number of likely N-dealkylation sites (N-methyl/N-ethyl adjacent to an activating group) is 1. The quantitative estimate of drug-likeness (QED) is 0.434. The van der Waals surface area contributed by atoms with Crippen molar-refractivity contribution in [3.05, 3.63) is 4.91 Å². The van der Waals surface area contributed by atoms with Gasteiger partial charge in [-0.05, 0) is 7.05 Å². The van der Waals surface area contributed by atoms with Crippen molar-refractivity contribution in [3.63, 3.8) is 0 Å². The van der Waals surface area contributed by atoms with Crippen molar-refractivity contribution in [2.75, 3.05) is 40.3 Å². The summed E-state index contributed by atoms with van der Waals surface area (Å²) in [6.45, 7) is 3.40. The number of rotatable bonds is 3. The topological polar surface area (TPSA) is 48.4 Å². The molecule has 70 valence electrons. The van der Waals surface area contributed by atoms with Gasteiger partial charge in [0.2, 0.25) is 0 Å². The van der Waals surface area contributed by atoms with E-state index >= 15 is 0 Å². The van der Waals surface area contributed by atoms with Crippen molar-refractivity contribution in [3.8, 4) is 0 Å². The van der Waals surface area contributed by atoms with Crippen LogP contribution in [0, 0.1) is 4.91 Å². The highest BCUT2D eigenvalue weighted by atomic mass is 16.8. The summed E-state index contributed by atoms with van der Waals surface area (Å²) >= 11 is 0. The first-order valence-corrected chi connectivity index (χ1v) is 3.89. The van der Waals surface area contributed by atoms with Crippen molar-refractivity contribution in [2.45, 2.75) is 0 Å². The summed E-state index contributed by atoms with van der Waals surface area (Å²) in [6, 6.07) is 0. The van der Waals surface area contributed by atoms with Gasteiger partial charge < -0.3 is 4.90 Å². The number of hydrogen-bond acceptors (Lipinski definition) is 5. The second kappa shape index (κ2) is 4.34. The van der Waals surface area contributed by atoms with Gasteiger partial charge in [-0.3, -0.25) is 0 Å². The molecular weight excluding hydrogens is 160 g/mol. The third-order valence-electron chi connectivity index (χ3n) is 1.95. The van der Waals surface area contributed by atoms with E-state index in [1.54, 1.807) is 5.01 Å². The Kier molecular flexibility index (Phi) is 3.39. The van der Waals surface area contributed by atoms with Gasteiger partial charge in [-0.1, -0.05) is 5.28 Å². The van der Waals surface area contributed by atoms with E-state index in [4.69, 9.17) is 4.84 Å². The largest absolute Gasteiger partial charge is 0.304 e. The molecular formula is C6H14N4O2. The van der Waals surface area contributed by atoms with Gasteiger partial charge in [0.05, 0.1) is 12.4 Å². The van der Waals surface area contributed by atoms with Crippen molar-refractivity contribution < 1.29 is 4.84 Å². The van der Waals surface area contributed by atoms with E-state index in [2.05, 4.69) is 10.2 Å². The summed E-state index contributed by atoms with van der Waals surface area (Å²) in [5.41, 5.74) is 0. The lowest BCUT2D eigenvalue weighted by Crippen LogP contribution is -2.50. The van der Waals surface area contributed by atoms with Gasteiger partial charge >= 0.3 is 0 Å². The second-order valence-electron chi connectivity index (χ2n) is 2.77. The summed E-state index contributed by atoms with van der Waals surface area (Å²) in [5, 5.41) is 5.49.